The first-order valence-corrected chi connectivity index (χ1v) is 3.52. The number of H-pyrrole nitrogens is 1. The van der Waals surface area contributed by atoms with E-state index in [1.165, 1.54) is 6.92 Å². The van der Waals surface area contributed by atoms with Gasteiger partial charge in [0.2, 0.25) is 0 Å². The Morgan fingerprint density at radius 1 is 1.67 bits per heavy atom. The summed E-state index contributed by atoms with van der Waals surface area (Å²) in [6.07, 6.45) is 0.535. The summed E-state index contributed by atoms with van der Waals surface area (Å²) in [5.74, 6) is -1.14. The molecule has 1 aromatic rings. The summed E-state index contributed by atoms with van der Waals surface area (Å²) in [6, 6.07) is 0. The van der Waals surface area contributed by atoms with Crippen molar-refractivity contribution in [1.29, 1.82) is 0 Å². The van der Waals surface area contributed by atoms with E-state index in [1.807, 2.05) is 0 Å². The SMILES string of the molecule is Cc1c(C=O)[nH]c(Cl)c1C(=O)O. The van der Waals surface area contributed by atoms with Gasteiger partial charge in [0.25, 0.3) is 0 Å². The van der Waals surface area contributed by atoms with Crippen LogP contribution in [0.25, 0.3) is 0 Å². The minimum Gasteiger partial charge on any atom is -0.478 e. The van der Waals surface area contributed by atoms with Gasteiger partial charge < -0.3 is 10.1 Å². The first kappa shape index (κ1) is 8.80. The van der Waals surface area contributed by atoms with Crippen LogP contribution in [0.3, 0.4) is 0 Å². The molecule has 12 heavy (non-hydrogen) atoms. The van der Waals surface area contributed by atoms with Crippen molar-refractivity contribution in [1.82, 2.24) is 4.98 Å². The lowest BCUT2D eigenvalue weighted by Gasteiger charge is -1.90. The molecule has 4 nitrogen and oxygen atoms in total. The Labute approximate surface area is 73.2 Å². The number of carboxylic acids is 1. The average molecular weight is 188 g/mol. The van der Waals surface area contributed by atoms with Gasteiger partial charge in [-0.15, -0.1) is 0 Å². The lowest BCUT2D eigenvalue weighted by Crippen LogP contribution is -1.97. The summed E-state index contributed by atoms with van der Waals surface area (Å²) >= 11 is 5.53. The number of nitrogens with one attached hydrogen (secondary N) is 1. The maximum absolute atomic E-state index is 10.6. The number of carbonyl (C=O) groups excluding carboxylic acids is 1. The highest BCUT2D eigenvalue weighted by Crippen LogP contribution is 2.21. The molecule has 1 rings (SSSR count). The molecule has 0 atom stereocenters. The van der Waals surface area contributed by atoms with E-state index < -0.39 is 5.97 Å². The van der Waals surface area contributed by atoms with Crippen LogP contribution in [0.2, 0.25) is 5.15 Å². The van der Waals surface area contributed by atoms with E-state index in [9.17, 15) is 9.59 Å². The Bertz CT molecular complexity index is 343. The number of rotatable bonds is 2. The van der Waals surface area contributed by atoms with Crippen molar-refractivity contribution in [3.05, 3.63) is 22.0 Å². The molecular weight excluding hydrogens is 182 g/mol. The van der Waals surface area contributed by atoms with Crippen LogP contribution in [0, 0.1) is 6.92 Å². The van der Waals surface area contributed by atoms with Gasteiger partial charge >= 0.3 is 5.97 Å². The molecule has 0 radical (unpaired) electrons. The minimum atomic E-state index is -1.14. The molecule has 0 aromatic carbocycles. The number of aromatic amines is 1. The Hall–Kier alpha value is -1.29. The topological polar surface area (TPSA) is 70.2 Å². The van der Waals surface area contributed by atoms with Crippen molar-refractivity contribution in [3.8, 4) is 0 Å². The summed E-state index contributed by atoms with van der Waals surface area (Å²) in [4.78, 5) is 23.3. The summed E-state index contributed by atoms with van der Waals surface area (Å²) < 4.78 is 0. The molecule has 0 spiro atoms. The predicted octanol–water partition coefficient (Wildman–Crippen LogP) is 1.49. The molecule has 0 saturated heterocycles. The van der Waals surface area contributed by atoms with E-state index in [4.69, 9.17) is 16.7 Å². The van der Waals surface area contributed by atoms with Crippen LogP contribution >= 0.6 is 11.6 Å². The van der Waals surface area contributed by atoms with Gasteiger partial charge in [-0.3, -0.25) is 4.79 Å². The number of hydrogen-bond acceptors (Lipinski definition) is 2. The van der Waals surface area contributed by atoms with Crippen LogP contribution in [0.1, 0.15) is 26.4 Å². The fourth-order valence-electron chi connectivity index (χ4n) is 0.946. The summed E-state index contributed by atoms with van der Waals surface area (Å²) in [5, 5.41) is 8.62. The largest absolute Gasteiger partial charge is 0.478 e. The zero-order chi connectivity index (χ0) is 9.30. The van der Waals surface area contributed by atoms with Gasteiger partial charge in [-0.1, -0.05) is 11.6 Å². The van der Waals surface area contributed by atoms with E-state index in [1.54, 1.807) is 0 Å². The molecule has 0 aliphatic carbocycles. The van der Waals surface area contributed by atoms with Gasteiger partial charge in [0.1, 0.15) is 5.15 Å². The van der Waals surface area contributed by atoms with E-state index in [2.05, 4.69) is 4.98 Å². The van der Waals surface area contributed by atoms with Gasteiger partial charge in [-0.25, -0.2) is 4.79 Å². The Morgan fingerprint density at radius 2 is 2.25 bits per heavy atom. The van der Waals surface area contributed by atoms with Crippen molar-refractivity contribution >= 4 is 23.9 Å². The number of aromatic nitrogens is 1. The summed E-state index contributed by atoms with van der Waals surface area (Å²) in [7, 11) is 0. The second-order valence-electron chi connectivity index (χ2n) is 2.28. The number of aromatic carboxylic acids is 1. The lowest BCUT2D eigenvalue weighted by molar-refractivity contribution is 0.0696. The van der Waals surface area contributed by atoms with E-state index in [0.717, 1.165) is 0 Å². The van der Waals surface area contributed by atoms with E-state index in [-0.39, 0.29) is 16.4 Å². The molecule has 0 aliphatic heterocycles. The van der Waals surface area contributed by atoms with Gasteiger partial charge in [0.05, 0.1) is 11.3 Å². The van der Waals surface area contributed by atoms with Gasteiger partial charge in [0, 0.05) is 0 Å². The van der Waals surface area contributed by atoms with Crippen LogP contribution in [-0.4, -0.2) is 22.3 Å². The van der Waals surface area contributed by atoms with Crippen molar-refractivity contribution < 1.29 is 14.7 Å². The first-order valence-electron chi connectivity index (χ1n) is 3.14. The Balaban J connectivity index is 3.37. The third-order valence-corrected chi connectivity index (χ3v) is 1.86. The van der Waals surface area contributed by atoms with Crippen molar-refractivity contribution in [3.63, 3.8) is 0 Å². The van der Waals surface area contributed by atoms with Crippen molar-refractivity contribution in [2.45, 2.75) is 6.92 Å². The van der Waals surface area contributed by atoms with E-state index in [0.29, 0.717) is 11.8 Å². The van der Waals surface area contributed by atoms with Crippen LogP contribution in [0.5, 0.6) is 0 Å². The molecule has 5 heteroatoms. The second-order valence-corrected chi connectivity index (χ2v) is 2.65. The molecule has 0 bridgehead atoms. The van der Waals surface area contributed by atoms with Gasteiger partial charge in [-0.2, -0.15) is 0 Å². The van der Waals surface area contributed by atoms with Crippen molar-refractivity contribution in [2.24, 2.45) is 0 Å². The molecular formula is C7H6ClNO3. The molecule has 0 fully saturated rings. The number of aldehydes is 1. The van der Waals surface area contributed by atoms with Crippen LogP contribution in [0.15, 0.2) is 0 Å². The maximum atomic E-state index is 10.6. The maximum Gasteiger partial charge on any atom is 0.339 e. The van der Waals surface area contributed by atoms with Crippen molar-refractivity contribution in [2.75, 3.05) is 0 Å². The third kappa shape index (κ3) is 1.21. The number of halogens is 1. The summed E-state index contributed by atoms with van der Waals surface area (Å²) in [5.41, 5.74) is 0.527. The molecule has 0 aliphatic rings. The zero-order valence-corrected chi connectivity index (χ0v) is 6.97. The highest BCUT2D eigenvalue weighted by Gasteiger charge is 2.17. The molecule has 0 unspecified atom stereocenters. The lowest BCUT2D eigenvalue weighted by atomic mass is 10.2. The first-order chi connectivity index (χ1) is 5.57. The standard InChI is InChI=1S/C7H6ClNO3/c1-3-4(2-10)9-6(8)5(3)7(11)12/h2,9H,1H3,(H,11,12). The monoisotopic (exact) mass is 187 g/mol. The van der Waals surface area contributed by atoms with Crippen LogP contribution in [0.4, 0.5) is 0 Å². The van der Waals surface area contributed by atoms with Gasteiger partial charge in [0.15, 0.2) is 6.29 Å². The zero-order valence-electron chi connectivity index (χ0n) is 6.22. The van der Waals surface area contributed by atoms with Gasteiger partial charge in [-0.05, 0) is 12.5 Å². The number of hydrogen-bond donors (Lipinski definition) is 2. The molecule has 1 aromatic heterocycles. The smallest absolute Gasteiger partial charge is 0.339 e. The molecule has 64 valence electrons. The average Bonchev–Trinajstić information content (AvgIpc) is 2.25. The Kier molecular flexibility index (Phi) is 2.19. The summed E-state index contributed by atoms with van der Waals surface area (Å²) in [6.45, 7) is 1.52. The highest BCUT2D eigenvalue weighted by atomic mass is 35.5. The fourth-order valence-corrected chi connectivity index (χ4v) is 1.27. The quantitative estimate of drug-likeness (QED) is 0.689. The third-order valence-electron chi connectivity index (χ3n) is 1.57. The molecule has 1 heterocycles. The molecule has 0 saturated carbocycles. The minimum absolute atomic E-state index is 0.0119. The number of carboxylic acid groups (broad SMARTS) is 1. The number of carbonyl (C=O) groups is 2. The highest BCUT2D eigenvalue weighted by molar-refractivity contribution is 6.33. The van der Waals surface area contributed by atoms with Crippen LogP contribution < -0.4 is 0 Å². The van der Waals surface area contributed by atoms with E-state index >= 15 is 0 Å². The molecule has 2 N–H and O–H groups in total. The molecule has 0 amide bonds. The second kappa shape index (κ2) is 2.98. The van der Waals surface area contributed by atoms with Crippen LogP contribution in [-0.2, 0) is 0 Å². The Morgan fingerprint density at radius 3 is 2.50 bits per heavy atom. The predicted molar refractivity (Wildman–Crippen MR) is 42.9 cm³/mol. The normalized spacial score (nSPS) is 9.83. The fraction of sp³-hybridized carbons (Fsp3) is 0.143.